The summed E-state index contributed by atoms with van der Waals surface area (Å²) in [6.07, 6.45) is 2.75. The van der Waals surface area contributed by atoms with Crippen LogP contribution in [0.5, 0.6) is 0 Å². The lowest BCUT2D eigenvalue weighted by Crippen LogP contribution is -2.26. The van der Waals surface area contributed by atoms with Gasteiger partial charge in [0, 0.05) is 17.5 Å². The van der Waals surface area contributed by atoms with Gasteiger partial charge in [-0.3, -0.25) is 4.79 Å². The van der Waals surface area contributed by atoms with E-state index in [4.69, 9.17) is 0 Å². The van der Waals surface area contributed by atoms with Gasteiger partial charge in [0.15, 0.2) is 4.21 Å². The summed E-state index contributed by atoms with van der Waals surface area (Å²) in [4.78, 5) is 13.2. The molecule has 1 atom stereocenters. The molecule has 0 aliphatic heterocycles. The van der Waals surface area contributed by atoms with Crippen LogP contribution in [0.15, 0.2) is 9.00 Å². The second-order valence-corrected chi connectivity index (χ2v) is 7.88. The Morgan fingerprint density at radius 3 is 2.65 bits per heavy atom. The monoisotopic (exact) mass is 296 g/mol. The van der Waals surface area contributed by atoms with E-state index in [0.717, 1.165) is 17.8 Å². The quantitative estimate of drug-likeness (QED) is 0.826. The van der Waals surface area contributed by atoms with Gasteiger partial charge in [0.25, 0.3) is 10.0 Å². The summed E-state index contributed by atoms with van der Waals surface area (Å²) < 4.78 is 26.3. The highest BCUT2D eigenvalue weighted by Gasteiger charge is 2.20. The van der Waals surface area contributed by atoms with Crippen molar-refractivity contribution in [2.75, 3.05) is 12.8 Å². The topological polar surface area (TPSA) is 79.0 Å². The zero-order valence-corrected chi connectivity index (χ0v) is 12.4. The predicted molar refractivity (Wildman–Crippen MR) is 72.5 cm³/mol. The lowest BCUT2D eigenvalue weighted by molar-refractivity contribution is 0.580. The van der Waals surface area contributed by atoms with Gasteiger partial charge in [-0.2, -0.15) is 11.8 Å². The Bertz CT molecular complexity index is 518. The number of hydrogen-bond donors (Lipinski definition) is 2. The molecule has 0 saturated carbocycles. The van der Waals surface area contributed by atoms with Crippen molar-refractivity contribution < 1.29 is 8.42 Å². The molecule has 1 aromatic heterocycles. The largest absolute Gasteiger partial charge is 0.315 e. The van der Waals surface area contributed by atoms with E-state index in [-0.39, 0.29) is 9.08 Å². The fourth-order valence-electron chi connectivity index (χ4n) is 1.23. The molecule has 0 amide bonds. The maximum Gasteiger partial charge on any atom is 0.305 e. The van der Waals surface area contributed by atoms with E-state index >= 15 is 0 Å². The molecule has 17 heavy (non-hydrogen) atoms. The third kappa shape index (κ3) is 4.13. The maximum atomic E-state index is 11.9. The average Bonchev–Trinajstić information content (AvgIpc) is 2.58. The number of hydrogen-bond acceptors (Lipinski definition) is 5. The summed E-state index contributed by atoms with van der Waals surface area (Å²) in [5.74, 6) is 0. The van der Waals surface area contributed by atoms with E-state index in [1.54, 1.807) is 18.7 Å². The fourth-order valence-corrected chi connectivity index (χ4v) is 3.97. The van der Waals surface area contributed by atoms with Crippen LogP contribution in [0, 0.1) is 6.92 Å². The molecule has 0 spiro atoms. The lowest BCUT2D eigenvalue weighted by atomic mass is 10.3. The SMILES string of the molecule is CSC(C)CCNS(=O)(=O)c1sc(=O)[nH]c1C. The third-order valence-electron chi connectivity index (χ3n) is 2.27. The van der Waals surface area contributed by atoms with E-state index in [1.807, 2.05) is 13.2 Å². The maximum absolute atomic E-state index is 11.9. The van der Waals surface area contributed by atoms with Crippen LogP contribution in [0.1, 0.15) is 19.0 Å². The van der Waals surface area contributed by atoms with E-state index in [1.165, 1.54) is 0 Å². The molecule has 0 saturated heterocycles. The molecular formula is C9H16N2O3S3. The lowest BCUT2D eigenvalue weighted by Gasteiger charge is -2.09. The molecule has 1 aromatic rings. The van der Waals surface area contributed by atoms with Crippen molar-refractivity contribution in [1.82, 2.24) is 9.71 Å². The van der Waals surface area contributed by atoms with Gasteiger partial charge in [0.2, 0.25) is 0 Å². The summed E-state index contributed by atoms with van der Waals surface area (Å²) in [6.45, 7) is 4.01. The molecule has 0 fully saturated rings. The van der Waals surface area contributed by atoms with E-state index in [2.05, 4.69) is 9.71 Å². The highest BCUT2D eigenvalue weighted by molar-refractivity contribution is 7.99. The smallest absolute Gasteiger partial charge is 0.305 e. The zero-order valence-electron chi connectivity index (χ0n) is 9.94. The van der Waals surface area contributed by atoms with Crippen LogP contribution in [0.4, 0.5) is 0 Å². The van der Waals surface area contributed by atoms with Gasteiger partial charge in [-0.05, 0) is 19.6 Å². The molecule has 98 valence electrons. The minimum absolute atomic E-state index is 0.0827. The molecule has 1 rings (SSSR count). The summed E-state index contributed by atoms with van der Waals surface area (Å²) in [7, 11) is -3.55. The van der Waals surface area contributed by atoms with E-state index in [0.29, 0.717) is 17.5 Å². The number of H-pyrrole nitrogens is 1. The number of thiazole rings is 1. The summed E-state index contributed by atoms with van der Waals surface area (Å²) in [6, 6.07) is 0. The first-order valence-electron chi connectivity index (χ1n) is 5.09. The first kappa shape index (κ1) is 14.7. The fraction of sp³-hybridized carbons (Fsp3) is 0.667. The molecule has 0 bridgehead atoms. The van der Waals surface area contributed by atoms with Crippen LogP contribution >= 0.6 is 23.1 Å². The van der Waals surface area contributed by atoms with Crippen molar-refractivity contribution in [2.24, 2.45) is 0 Å². The first-order valence-corrected chi connectivity index (χ1v) is 8.67. The van der Waals surface area contributed by atoms with Crippen LogP contribution in [-0.2, 0) is 10.0 Å². The molecule has 1 heterocycles. The molecule has 0 radical (unpaired) electrons. The van der Waals surface area contributed by atoms with Gasteiger partial charge in [-0.1, -0.05) is 18.3 Å². The molecule has 8 heteroatoms. The van der Waals surface area contributed by atoms with Gasteiger partial charge in [-0.15, -0.1) is 0 Å². The molecule has 0 aromatic carbocycles. The Morgan fingerprint density at radius 1 is 1.53 bits per heavy atom. The highest BCUT2D eigenvalue weighted by atomic mass is 32.2. The van der Waals surface area contributed by atoms with Crippen molar-refractivity contribution in [3.05, 3.63) is 15.4 Å². The van der Waals surface area contributed by atoms with Gasteiger partial charge in [-0.25, -0.2) is 13.1 Å². The second kappa shape index (κ2) is 6.03. The Labute approximate surface area is 109 Å². The standard InChI is InChI=1S/C9H16N2O3S3/c1-6(15-3)4-5-10-17(13,14)8-7(2)11-9(12)16-8/h6,10H,4-5H2,1-3H3,(H,11,12). The number of rotatable bonds is 6. The predicted octanol–water partition coefficient (Wildman–Crippen LogP) is 1.16. The van der Waals surface area contributed by atoms with E-state index in [9.17, 15) is 13.2 Å². The van der Waals surface area contributed by atoms with Crippen LogP contribution in [-0.4, -0.2) is 31.5 Å². The first-order chi connectivity index (χ1) is 7.86. The summed E-state index contributed by atoms with van der Waals surface area (Å²) in [5, 5.41) is 0.406. The number of aromatic amines is 1. The Balaban J connectivity index is 2.70. The normalized spacial score (nSPS) is 13.8. The van der Waals surface area contributed by atoms with Crippen molar-refractivity contribution in [3.63, 3.8) is 0 Å². The van der Waals surface area contributed by atoms with Crippen LogP contribution in [0.25, 0.3) is 0 Å². The average molecular weight is 296 g/mol. The minimum atomic E-state index is -3.55. The Morgan fingerprint density at radius 2 is 2.18 bits per heavy atom. The Kier molecular flexibility index (Phi) is 5.23. The van der Waals surface area contributed by atoms with Crippen molar-refractivity contribution in [3.8, 4) is 0 Å². The van der Waals surface area contributed by atoms with Gasteiger partial charge in [0.1, 0.15) is 0 Å². The number of nitrogens with one attached hydrogen (secondary N) is 2. The Hall–Kier alpha value is -0.310. The van der Waals surface area contributed by atoms with Crippen molar-refractivity contribution in [1.29, 1.82) is 0 Å². The molecule has 0 aliphatic rings. The third-order valence-corrected chi connectivity index (χ3v) is 6.38. The molecule has 1 unspecified atom stereocenters. The number of aromatic nitrogens is 1. The molecule has 5 nitrogen and oxygen atoms in total. The number of sulfonamides is 1. The molecule has 2 N–H and O–H groups in total. The van der Waals surface area contributed by atoms with Crippen molar-refractivity contribution in [2.45, 2.75) is 29.7 Å². The second-order valence-electron chi connectivity index (χ2n) is 3.66. The van der Waals surface area contributed by atoms with Crippen molar-refractivity contribution >= 4 is 33.1 Å². The number of thioether (sulfide) groups is 1. The van der Waals surface area contributed by atoms with Gasteiger partial charge in [0.05, 0.1) is 0 Å². The van der Waals surface area contributed by atoms with Crippen LogP contribution in [0.2, 0.25) is 0 Å². The summed E-state index contributed by atoms with van der Waals surface area (Å²) >= 11 is 2.41. The minimum Gasteiger partial charge on any atom is -0.315 e. The molecule has 0 aliphatic carbocycles. The van der Waals surface area contributed by atoms with E-state index < -0.39 is 10.0 Å². The van der Waals surface area contributed by atoms with Crippen LogP contribution < -0.4 is 9.60 Å². The number of aryl methyl sites for hydroxylation is 1. The zero-order chi connectivity index (χ0) is 13.1. The van der Waals surface area contributed by atoms with Crippen LogP contribution in [0.3, 0.4) is 0 Å². The molecular weight excluding hydrogens is 280 g/mol. The van der Waals surface area contributed by atoms with Gasteiger partial charge < -0.3 is 4.98 Å². The highest BCUT2D eigenvalue weighted by Crippen LogP contribution is 2.16. The summed E-state index contributed by atoms with van der Waals surface area (Å²) in [5.41, 5.74) is 0.394. The van der Waals surface area contributed by atoms with Gasteiger partial charge >= 0.3 is 4.87 Å².